The molecule has 44 heavy (non-hydrogen) atoms. The fraction of sp³-hybridized carbons (Fsp3) is 0.0909. The predicted molar refractivity (Wildman–Crippen MR) is 217 cm³/mol. The molecule has 4 atom stereocenters. The molecule has 0 spiro atoms. The third kappa shape index (κ3) is 21.7. The van der Waals surface area contributed by atoms with Gasteiger partial charge in [0.1, 0.15) is 0 Å². The van der Waals surface area contributed by atoms with Crippen molar-refractivity contribution in [3.8, 4) is 22.3 Å². The van der Waals surface area contributed by atoms with Gasteiger partial charge in [-0.05, 0) is 71.5 Å². The van der Waals surface area contributed by atoms with Gasteiger partial charge in [0.2, 0.25) is 0 Å². The minimum atomic E-state index is -0.583. The SMILES string of the molecule is Cc1[c-]cccc1.Cc1ccccc1-c1cccc(-c2ccccc2C)c1.Clc1cccc(Cl)c1.PP.[3H]PP.[3H][Ni]([Br])[Br].[Cl-].[Mg+2]. The molecule has 5 aromatic carbocycles. The van der Waals surface area contributed by atoms with E-state index in [4.69, 9.17) is 25.5 Å². The molecule has 0 N–H and O–H groups in total. The molecule has 237 valence electrons. The van der Waals surface area contributed by atoms with E-state index in [1.807, 2.05) is 37.3 Å². The summed E-state index contributed by atoms with van der Waals surface area (Å²) in [7, 11) is 6.61. The van der Waals surface area contributed by atoms with Gasteiger partial charge in [-0.3, -0.25) is 0 Å². The van der Waals surface area contributed by atoms with Crippen molar-refractivity contribution in [2.45, 2.75) is 20.8 Å². The summed E-state index contributed by atoms with van der Waals surface area (Å²) in [5, 5.41) is 1.36. The van der Waals surface area contributed by atoms with Crippen molar-refractivity contribution >= 4 is 110 Å². The van der Waals surface area contributed by atoms with E-state index in [9.17, 15) is 0 Å². The third-order valence-electron chi connectivity index (χ3n) is 5.43. The molecule has 5 aromatic rings. The van der Waals surface area contributed by atoms with Crippen LogP contribution in [0, 0.1) is 26.8 Å². The van der Waals surface area contributed by atoms with E-state index in [0.29, 0.717) is 10.0 Å². The molecule has 0 heterocycles. The molecule has 5 rings (SSSR count). The molecular formula is C33H38Br2Cl3MgNiP4. The van der Waals surface area contributed by atoms with Crippen LogP contribution in [0.25, 0.3) is 22.3 Å². The molecule has 0 amide bonds. The van der Waals surface area contributed by atoms with Crippen molar-refractivity contribution in [3.05, 3.63) is 154 Å². The van der Waals surface area contributed by atoms with Crippen LogP contribution in [0.4, 0.5) is 0 Å². The number of hydrogen-bond donors (Lipinski definition) is 0. The second-order valence-electron chi connectivity index (χ2n) is 8.24. The Morgan fingerprint density at radius 2 is 1.05 bits per heavy atom. The van der Waals surface area contributed by atoms with E-state index in [0.717, 1.165) is 0 Å². The molecule has 0 aliphatic rings. The maximum absolute atomic E-state index is 6.46. The third-order valence-corrected chi connectivity index (χ3v) is 5.90. The Bertz CT molecular complexity index is 1380. The van der Waals surface area contributed by atoms with Gasteiger partial charge in [0.25, 0.3) is 0 Å². The van der Waals surface area contributed by atoms with Crippen LogP contribution in [0.3, 0.4) is 0 Å². The quantitative estimate of drug-likeness (QED) is 0.0941. The van der Waals surface area contributed by atoms with Crippen LogP contribution in [0.15, 0.2) is 121 Å². The fourth-order valence-electron chi connectivity index (χ4n) is 3.59. The smallest absolute Gasteiger partial charge is 1.00 e. The molecule has 11 heteroatoms. The fourth-order valence-corrected chi connectivity index (χ4v) is 4.03. The van der Waals surface area contributed by atoms with E-state index in [-0.39, 0.29) is 44.3 Å². The summed E-state index contributed by atoms with van der Waals surface area (Å²) in [4.78, 5) is 0. The first kappa shape index (κ1) is 44.9. The Morgan fingerprint density at radius 3 is 1.34 bits per heavy atom. The summed E-state index contributed by atoms with van der Waals surface area (Å²) in [6.45, 7) is 6.35. The van der Waals surface area contributed by atoms with Crippen LogP contribution in [0.5, 0.6) is 0 Å². The summed E-state index contributed by atoms with van der Waals surface area (Å²) in [6.07, 6.45) is 0. The van der Waals surface area contributed by atoms with E-state index in [1.165, 1.54) is 38.9 Å². The first-order chi connectivity index (χ1) is 21.1. The number of halogens is 5. The number of aryl methyl sites for hydroxylation is 3. The minimum absolute atomic E-state index is 0. The normalized spacial score (nSPS) is 9.73. The second-order valence-corrected chi connectivity index (χ2v) is 14.1. The molecule has 0 aliphatic carbocycles. The van der Waals surface area contributed by atoms with E-state index in [2.05, 4.69) is 148 Å². The monoisotopic (exact) mass is 907 g/mol. The Kier molecular flexibility index (Phi) is 33.1. The summed E-state index contributed by atoms with van der Waals surface area (Å²) in [5.41, 5.74) is 9.00. The maximum atomic E-state index is 6.46. The summed E-state index contributed by atoms with van der Waals surface area (Å²) < 4.78 is 12.7. The Labute approximate surface area is 329 Å². The summed E-state index contributed by atoms with van der Waals surface area (Å²) >= 11 is 16.9. The molecule has 0 fully saturated rings. The Hall–Kier alpha value is 0.910. The van der Waals surface area contributed by atoms with Crippen molar-refractivity contribution < 1.29 is 23.2 Å². The van der Waals surface area contributed by atoms with Crippen molar-refractivity contribution in [2.24, 2.45) is 0 Å². The second kappa shape index (κ2) is 32.5. The van der Waals surface area contributed by atoms with Gasteiger partial charge in [-0.25, -0.2) is 0 Å². The molecule has 0 aromatic heterocycles. The number of hydrogen-bond acceptors (Lipinski definition) is 0. The first-order valence-corrected chi connectivity index (χ1v) is 23.0. The van der Waals surface area contributed by atoms with Crippen LogP contribution in [0.2, 0.25) is 10.0 Å². The standard InChI is InChI=1S/C20H18.C7H7.C6H4Cl2.2BrH.ClH.Mg.Ni.2H4P2.H/c1-15-8-3-5-12-19(15)17-10-7-11-18(14-17)20-13-6-4-9-16(20)2;1-7-5-3-2-4-6-7;7-5-2-1-3-6(8)4-5;;;;;;2*1-2;/h3-14H,1-2H3;2-5H,1H3;1-4H;3*1H;;;2*1-2H2;/q;-1;;;;;2*+2;;;/p-3/i;;;;;;;;1T;;1+2. The van der Waals surface area contributed by atoms with Crippen molar-refractivity contribution in [1.82, 2.24) is 0 Å². The zero-order valence-electron chi connectivity index (χ0n) is 26.7. The molecule has 0 radical (unpaired) electrons. The van der Waals surface area contributed by atoms with Gasteiger partial charge in [0, 0.05) is 10.0 Å². The van der Waals surface area contributed by atoms with E-state index < -0.39 is 10.8 Å². The van der Waals surface area contributed by atoms with Crippen LogP contribution >= 0.6 is 87.3 Å². The average molecular weight is 912 g/mol. The zero-order chi connectivity index (χ0) is 33.3. The maximum Gasteiger partial charge on any atom is 2.00 e. The van der Waals surface area contributed by atoms with Crippen LogP contribution in [0.1, 0.15) is 16.7 Å². The molecule has 0 nitrogen and oxygen atoms in total. The summed E-state index contributed by atoms with van der Waals surface area (Å²) in [5.74, 6) is 0. The molecule has 0 bridgehead atoms. The van der Waals surface area contributed by atoms with Crippen LogP contribution in [-0.2, 0) is 10.8 Å². The van der Waals surface area contributed by atoms with Gasteiger partial charge in [-0.2, -0.15) is 35.9 Å². The minimum Gasteiger partial charge on any atom is -1.00 e. The van der Waals surface area contributed by atoms with Crippen LogP contribution < -0.4 is 12.4 Å². The number of rotatable bonds is 2. The molecule has 0 saturated carbocycles. The molecular weight excluding hydrogens is 869 g/mol. The zero-order valence-corrected chi connectivity index (χ0v) is 37.0. The Balaban J connectivity index is -0.000000592. The largest absolute Gasteiger partial charge is 2.00 e. The topological polar surface area (TPSA) is 0 Å². The van der Waals surface area contributed by atoms with E-state index in [1.54, 1.807) is 18.2 Å². The van der Waals surface area contributed by atoms with Crippen molar-refractivity contribution in [2.75, 3.05) is 0 Å². The van der Waals surface area contributed by atoms with Gasteiger partial charge in [-0.1, -0.05) is 103 Å². The number of benzene rings is 5. The Morgan fingerprint density at radius 1 is 0.659 bits per heavy atom. The van der Waals surface area contributed by atoms with Gasteiger partial charge in [0.15, 0.2) is 0 Å². The predicted octanol–water partition coefficient (Wildman–Crippen LogP) is 9.77. The molecule has 0 aliphatic heterocycles. The van der Waals surface area contributed by atoms with Crippen LogP contribution in [-0.4, -0.2) is 25.3 Å². The van der Waals surface area contributed by atoms with Crippen molar-refractivity contribution in [3.63, 3.8) is 0 Å². The van der Waals surface area contributed by atoms with Crippen molar-refractivity contribution in [1.29, 1.82) is 2.26 Å². The summed E-state index contributed by atoms with van der Waals surface area (Å²) in [6, 6.07) is 43.9. The van der Waals surface area contributed by atoms with E-state index >= 15 is 0 Å². The first-order valence-electron chi connectivity index (χ1n) is 13.2. The van der Waals surface area contributed by atoms with Gasteiger partial charge < -0.3 is 12.4 Å². The van der Waals surface area contributed by atoms with Gasteiger partial charge >= 0.3 is 63.3 Å². The molecule has 4 unspecified atom stereocenters. The molecule has 0 saturated heterocycles. The van der Waals surface area contributed by atoms with Gasteiger partial charge in [-0.15, -0.1) is 35.7 Å². The average Bonchev–Trinajstić information content (AvgIpc) is 3.00. The van der Waals surface area contributed by atoms with Gasteiger partial charge in [0.05, 0.1) is 1.28 Å².